The zero-order valence-electron chi connectivity index (χ0n) is 29.9. The third kappa shape index (κ3) is 11.3. The minimum Gasteiger partial charge on any atom is -1.00 e. The van der Waals surface area contributed by atoms with Gasteiger partial charge in [-0.2, -0.15) is 0 Å². The Labute approximate surface area is 341 Å². The monoisotopic (exact) mass is 811 g/mol. The van der Waals surface area contributed by atoms with Crippen LogP contribution in [0.15, 0.2) is 58.5 Å². The first-order valence-corrected chi connectivity index (χ1v) is 19.6. The van der Waals surface area contributed by atoms with Crippen LogP contribution in [-0.4, -0.2) is 17.4 Å². The Morgan fingerprint density at radius 1 is 0.471 bits per heavy atom. The smallest absolute Gasteiger partial charge is 1.00 e. The molecule has 4 fully saturated rings. The van der Waals surface area contributed by atoms with Gasteiger partial charge in [0.25, 0.3) is 0 Å². The van der Waals surface area contributed by atoms with Crippen LogP contribution in [0.25, 0.3) is 0 Å². The molecule has 2 aromatic carbocycles. The van der Waals surface area contributed by atoms with Gasteiger partial charge in [0.15, 0.2) is 0 Å². The van der Waals surface area contributed by atoms with Crippen LogP contribution < -0.4 is 37.2 Å². The van der Waals surface area contributed by atoms with Gasteiger partial charge in [-0.1, -0.05) is 125 Å². The number of hydrogen-bond donors (Lipinski definition) is 0. The van der Waals surface area contributed by atoms with Gasteiger partial charge in [0.05, 0.1) is 35.2 Å². The average molecular weight is 814 g/mol. The minimum absolute atomic E-state index is 0. The first kappa shape index (κ1) is 44.0. The molecule has 51 heavy (non-hydrogen) atoms. The Kier molecular flexibility index (Phi) is 19.1. The van der Waals surface area contributed by atoms with Gasteiger partial charge in [0.1, 0.15) is 0 Å². The summed E-state index contributed by atoms with van der Waals surface area (Å²) < 4.78 is 0. The molecule has 0 saturated heterocycles. The Morgan fingerprint density at radius 3 is 1.02 bits per heavy atom. The molecule has 4 saturated carbocycles. The maximum absolute atomic E-state index is 6.76. The van der Waals surface area contributed by atoms with Gasteiger partial charge in [-0.15, -0.1) is 0 Å². The number of halogens is 4. The Hall–Kier alpha value is -1.40. The number of aliphatic imine (C=N–C) groups is 2. The molecule has 0 unspecified atom stereocenters. The van der Waals surface area contributed by atoms with Crippen molar-refractivity contribution < 1.29 is 54.0 Å². The molecule has 3 nitrogen and oxygen atoms in total. The van der Waals surface area contributed by atoms with Crippen molar-refractivity contribution in [2.24, 2.45) is 9.98 Å². The van der Waals surface area contributed by atoms with Crippen LogP contribution in [0.3, 0.4) is 0 Å². The molecule has 0 atom stereocenters. The molecule has 8 heteroatoms. The standard InChI is InChI=1S/C43H54ClN3.3ClH.Co/c44-35-27-36(29-45-42-38(31-15-5-1-6-16-31)23-13-24-39(42)32-17-7-2-8-18-32)47-37(28-35)30-46-43-40(33-19-9-3-10-20-33)25-14-26-41(43)34-21-11-4-12-22-34;;;;/h13-14,23-34H,1-12,15-22H2;3*1H;/q;;;;+3/p-3. The van der Waals surface area contributed by atoms with Crippen LogP contribution >= 0.6 is 11.6 Å². The fraction of sp³-hybridized carbons (Fsp3) is 0.558. The van der Waals surface area contributed by atoms with Crippen molar-refractivity contribution in [3.05, 3.63) is 87.2 Å². The van der Waals surface area contributed by atoms with Gasteiger partial charge >= 0.3 is 16.8 Å². The van der Waals surface area contributed by atoms with Crippen LogP contribution in [0.5, 0.6) is 0 Å². The topological polar surface area (TPSA) is 37.6 Å². The van der Waals surface area contributed by atoms with Crippen LogP contribution in [0.4, 0.5) is 11.4 Å². The third-order valence-corrected chi connectivity index (χ3v) is 12.1. The van der Waals surface area contributed by atoms with Crippen molar-refractivity contribution in [3.63, 3.8) is 0 Å². The summed E-state index contributed by atoms with van der Waals surface area (Å²) in [5.41, 5.74) is 9.82. The summed E-state index contributed by atoms with van der Waals surface area (Å²) in [7, 11) is 0. The van der Waals surface area contributed by atoms with Crippen LogP contribution in [0.1, 0.15) is 186 Å². The number of hydrogen-bond acceptors (Lipinski definition) is 3. The largest absolute Gasteiger partial charge is 3.00 e. The van der Waals surface area contributed by atoms with Crippen molar-refractivity contribution in [3.8, 4) is 0 Å². The van der Waals surface area contributed by atoms with Gasteiger partial charge in [-0.05, 0) is 109 Å². The van der Waals surface area contributed by atoms with Gasteiger partial charge in [0, 0.05) is 5.02 Å². The molecule has 0 spiro atoms. The van der Waals surface area contributed by atoms with E-state index < -0.39 is 0 Å². The van der Waals surface area contributed by atoms with Crippen LogP contribution in [-0.2, 0) is 16.8 Å². The summed E-state index contributed by atoms with van der Waals surface area (Å²) in [5.74, 6) is 2.43. The van der Waals surface area contributed by atoms with E-state index in [9.17, 15) is 0 Å². The second-order valence-corrected chi connectivity index (χ2v) is 15.5. The van der Waals surface area contributed by atoms with E-state index in [2.05, 4.69) is 36.4 Å². The Balaban J connectivity index is 0.00000176. The normalized spacial score (nSPS) is 19.5. The average Bonchev–Trinajstić information content (AvgIpc) is 3.14. The first-order valence-electron chi connectivity index (χ1n) is 19.2. The predicted octanol–water partition coefficient (Wildman–Crippen LogP) is 4.44. The summed E-state index contributed by atoms with van der Waals surface area (Å²) in [6.45, 7) is 0. The summed E-state index contributed by atoms with van der Waals surface area (Å²) in [6, 6.07) is 17.9. The fourth-order valence-electron chi connectivity index (χ4n) is 9.36. The van der Waals surface area contributed by atoms with Gasteiger partial charge in [-0.25, -0.2) is 4.98 Å². The van der Waals surface area contributed by atoms with E-state index in [-0.39, 0.29) is 54.0 Å². The van der Waals surface area contributed by atoms with Crippen molar-refractivity contribution in [1.29, 1.82) is 0 Å². The molecule has 0 amide bonds. The number of para-hydroxylation sites is 2. The van der Waals surface area contributed by atoms with E-state index >= 15 is 0 Å². The second kappa shape index (κ2) is 22.1. The van der Waals surface area contributed by atoms with Crippen molar-refractivity contribution in [2.45, 2.75) is 152 Å². The van der Waals surface area contributed by atoms with Crippen molar-refractivity contribution in [2.75, 3.05) is 0 Å². The molecule has 0 bridgehead atoms. The van der Waals surface area contributed by atoms with E-state index in [1.54, 1.807) is 0 Å². The minimum atomic E-state index is 0. The molecule has 1 aromatic heterocycles. The number of rotatable bonds is 8. The maximum atomic E-state index is 6.76. The van der Waals surface area contributed by atoms with Gasteiger partial charge in [-0.3, -0.25) is 9.98 Å². The summed E-state index contributed by atoms with van der Waals surface area (Å²) >= 11 is 6.76. The number of nitrogens with zero attached hydrogens (tertiary/aromatic N) is 3. The van der Waals surface area contributed by atoms with Crippen molar-refractivity contribution in [1.82, 2.24) is 4.98 Å². The van der Waals surface area contributed by atoms with Crippen LogP contribution in [0.2, 0.25) is 5.02 Å². The van der Waals surface area contributed by atoms with Gasteiger partial charge in [0.2, 0.25) is 0 Å². The molecule has 0 N–H and O–H groups in total. The van der Waals surface area contributed by atoms with E-state index in [1.807, 2.05) is 24.6 Å². The molecule has 0 radical (unpaired) electrons. The third-order valence-electron chi connectivity index (χ3n) is 11.9. The zero-order valence-corrected chi connectivity index (χ0v) is 34.0. The molecule has 4 aliphatic rings. The predicted molar refractivity (Wildman–Crippen MR) is 200 cm³/mol. The summed E-state index contributed by atoms with van der Waals surface area (Å²) in [6.07, 6.45) is 30.2. The molecular weight excluding hydrogens is 759 g/mol. The summed E-state index contributed by atoms with van der Waals surface area (Å²) in [5, 5.41) is 0.684. The zero-order chi connectivity index (χ0) is 31.8. The van der Waals surface area contributed by atoms with Gasteiger partial charge < -0.3 is 37.2 Å². The van der Waals surface area contributed by atoms with E-state index in [0.29, 0.717) is 28.7 Å². The number of pyridine rings is 1. The SMILES string of the molecule is Clc1cc(C=Nc2c(C3CCCCC3)cccc2C2CCCCC2)nc(C=Nc2c(C3CCCCC3)cccc2C2CCCCC2)c1.[Cl-].[Cl-].[Cl-].[Co+3]. The van der Waals surface area contributed by atoms with Crippen LogP contribution in [0, 0.1) is 0 Å². The first-order chi connectivity index (χ1) is 23.2. The molecule has 7 rings (SSSR count). The molecule has 4 aliphatic carbocycles. The fourth-order valence-corrected chi connectivity index (χ4v) is 9.59. The van der Waals surface area contributed by atoms with Crippen molar-refractivity contribution >= 4 is 35.4 Å². The Bertz CT molecular complexity index is 1370. The van der Waals surface area contributed by atoms with E-state index in [4.69, 9.17) is 26.6 Å². The summed E-state index contributed by atoms with van der Waals surface area (Å²) in [4.78, 5) is 15.6. The number of aromatic nitrogens is 1. The molecule has 278 valence electrons. The molecular formula is C43H54Cl4CoN3. The second-order valence-electron chi connectivity index (χ2n) is 15.1. The number of benzene rings is 2. The van der Waals surface area contributed by atoms with E-state index in [0.717, 1.165) is 11.4 Å². The quantitative estimate of drug-likeness (QED) is 0.311. The molecule has 3 aromatic rings. The van der Waals surface area contributed by atoms with E-state index in [1.165, 1.54) is 162 Å². The molecule has 1 heterocycles. The molecule has 0 aliphatic heterocycles. The Morgan fingerprint density at radius 2 is 0.745 bits per heavy atom. The maximum Gasteiger partial charge on any atom is 3.00 e.